The van der Waals surface area contributed by atoms with Crippen LogP contribution in [-0.4, -0.2) is 46.7 Å². The number of hydrogen-bond acceptors (Lipinski definition) is 8. The summed E-state index contributed by atoms with van der Waals surface area (Å²) in [6.07, 6.45) is 11.6. The second-order valence-corrected chi connectivity index (χ2v) is 14.8. The second-order valence-electron chi connectivity index (χ2n) is 14.8. The van der Waals surface area contributed by atoms with E-state index in [1.807, 2.05) is 12.4 Å². The monoisotopic (exact) mass is 723 g/mol. The van der Waals surface area contributed by atoms with E-state index in [4.69, 9.17) is 29.8 Å². The van der Waals surface area contributed by atoms with Crippen LogP contribution in [0.1, 0.15) is 128 Å². The van der Waals surface area contributed by atoms with Gasteiger partial charge in [0.2, 0.25) is 0 Å². The maximum atomic E-state index is 11.0. The van der Waals surface area contributed by atoms with Crippen LogP contribution in [-0.2, 0) is 52.1 Å². The van der Waals surface area contributed by atoms with Gasteiger partial charge in [0.1, 0.15) is 11.5 Å². The van der Waals surface area contributed by atoms with Gasteiger partial charge < -0.3 is 30.0 Å². The number of aliphatic imine (C=N–C) groups is 2. The Morgan fingerprint density at radius 3 is 1.27 bits per heavy atom. The van der Waals surface area contributed by atoms with Gasteiger partial charge in [0, 0.05) is 35.5 Å². The minimum Gasteiger partial charge on any atom is -0.550 e. The molecule has 0 aliphatic heterocycles. The van der Waals surface area contributed by atoms with Crippen molar-refractivity contribution >= 4 is 24.4 Å². The molecule has 1 fully saturated rings. The Bertz CT molecular complexity index is 1260. The Labute approximate surface area is 305 Å². The third-order valence-corrected chi connectivity index (χ3v) is 7.57. The molecule has 0 bridgehead atoms. The number of carboxylic acids is 2. The molecule has 1 aliphatic rings. The third-order valence-electron chi connectivity index (χ3n) is 7.57. The molecule has 2 atom stereocenters. The quantitative estimate of drug-likeness (QED) is 0.248. The van der Waals surface area contributed by atoms with E-state index in [0.717, 1.165) is 87.5 Å². The van der Waals surface area contributed by atoms with E-state index in [1.165, 1.54) is 11.1 Å². The van der Waals surface area contributed by atoms with Crippen molar-refractivity contribution < 1.29 is 46.8 Å². The fourth-order valence-electron chi connectivity index (χ4n) is 5.92. The van der Waals surface area contributed by atoms with Gasteiger partial charge in [-0.3, -0.25) is 9.98 Å². The standard InChI is InChI=1S/C36H54N2O2.2C2H4O2.Co/c1-23(2)12-27-16-29(14-25(5)6)35(39)31(18-27)21-37-33-10-9-11-34(20-33)38-22-32-19-28(13-24(3)4)17-30(36(32)40)15-26(7)8;2*1-2(3)4;/h16-19,21-26,33-34,39-40H,9-15,20H2,1-8H3;2*1H3,(H,3,4);/q;;;+2/p-2. The third kappa shape index (κ3) is 19.6. The van der Waals surface area contributed by atoms with Crippen molar-refractivity contribution in [2.24, 2.45) is 33.7 Å². The number of benzene rings is 2. The summed E-state index contributed by atoms with van der Waals surface area (Å²) < 4.78 is 0. The Morgan fingerprint density at radius 1 is 0.673 bits per heavy atom. The van der Waals surface area contributed by atoms with Gasteiger partial charge in [0.15, 0.2) is 0 Å². The maximum absolute atomic E-state index is 11.0. The van der Waals surface area contributed by atoms with Crippen molar-refractivity contribution in [3.05, 3.63) is 57.6 Å². The fourth-order valence-corrected chi connectivity index (χ4v) is 5.92. The van der Waals surface area contributed by atoms with Crippen molar-refractivity contribution in [2.45, 2.75) is 133 Å². The van der Waals surface area contributed by atoms with Crippen molar-refractivity contribution in [1.82, 2.24) is 0 Å². The normalized spacial score (nSPS) is 16.0. The van der Waals surface area contributed by atoms with Crippen molar-refractivity contribution in [3.8, 4) is 11.5 Å². The maximum Gasteiger partial charge on any atom is 2.00 e. The first-order valence-electron chi connectivity index (χ1n) is 17.5. The van der Waals surface area contributed by atoms with Crippen LogP contribution in [0.3, 0.4) is 0 Å². The summed E-state index contributed by atoms with van der Waals surface area (Å²) in [6, 6.07) is 8.96. The molecule has 1 aliphatic carbocycles. The van der Waals surface area contributed by atoms with Gasteiger partial charge >= 0.3 is 16.8 Å². The van der Waals surface area contributed by atoms with Crippen LogP contribution in [0.5, 0.6) is 11.5 Å². The van der Waals surface area contributed by atoms with E-state index in [9.17, 15) is 10.2 Å². The smallest absolute Gasteiger partial charge is 0.550 e. The number of rotatable bonds is 12. The summed E-state index contributed by atoms with van der Waals surface area (Å²) in [5.41, 5.74) is 6.27. The number of aliphatic carboxylic acids is 2. The molecule has 3 rings (SSSR count). The Morgan fingerprint density at radius 2 is 0.980 bits per heavy atom. The van der Waals surface area contributed by atoms with Gasteiger partial charge in [0.05, 0.1) is 12.1 Å². The van der Waals surface area contributed by atoms with Crippen molar-refractivity contribution in [3.63, 3.8) is 0 Å². The number of aromatic hydroxyl groups is 2. The Hall–Kier alpha value is -3.17. The number of phenols is 2. The van der Waals surface area contributed by atoms with E-state index in [2.05, 4.69) is 79.7 Å². The van der Waals surface area contributed by atoms with Gasteiger partial charge in [-0.2, -0.15) is 0 Å². The first kappa shape index (κ1) is 45.8. The van der Waals surface area contributed by atoms with E-state index < -0.39 is 11.9 Å². The number of carbonyl (C=O) groups excluding carboxylic acids is 2. The predicted octanol–water partition coefficient (Wildman–Crippen LogP) is 6.25. The largest absolute Gasteiger partial charge is 2.00 e. The minimum absolute atomic E-state index is 0. The number of hydrogen-bond donors (Lipinski definition) is 2. The van der Waals surface area contributed by atoms with Crippen molar-refractivity contribution in [1.29, 1.82) is 0 Å². The molecule has 0 aromatic heterocycles. The average Bonchev–Trinajstić information content (AvgIpc) is 2.93. The van der Waals surface area contributed by atoms with Crippen LogP contribution >= 0.6 is 0 Å². The zero-order chi connectivity index (χ0) is 36.6. The van der Waals surface area contributed by atoms with Crippen molar-refractivity contribution in [2.75, 3.05) is 0 Å². The van der Waals surface area contributed by atoms with Crippen LogP contribution in [0, 0.1) is 23.7 Å². The van der Waals surface area contributed by atoms with Crippen LogP contribution in [0.15, 0.2) is 34.3 Å². The van der Waals surface area contributed by atoms with Gasteiger partial charge in [-0.15, -0.1) is 0 Å². The first-order valence-corrected chi connectivity index (χ1v) is 17.5. The SMILES string of the molecule is CC(=O)[O-].CC(=O)[O-].CC(C)Cc1cc(C=NC2CCCC(N=Cc3cc(CC(C)C)cc(CC(C)C)c3O)C2)c(O)c(CC(C)C)c1.[Co+2]. The zero-order valence-corrected chi connectivity index (χ0v) is 32.4. The molecule has 275 valence electrons. The Kier molecular flexibility index (Phi) is 21.8. The molecular formula is C40H60CoN2O6. The summed E-state index contributed by atoms with van der Waals surface area (Å²) in [5, 5.41) is 39.8. The van der Waals surface area contributed by atoms with Gasteiger partial charge in [-0.25, -0.2) is 0 Å². The topological polar surface area (TPSA) is 145 Å². The summed E-state index contributed by atoms with van der Waals surface area (Å²) in [6.45, 7) is 19.6. The molecule has 0 amide bonds. The first-order chi connectivity index (χ1) is 22.4. The molecule has 8 nitrogen and oxygen atoms in total. The summed E-state index contributed by atoms with van der Waals surface area (Å²) in [7, 11) is 0. The van der Waals surface area contributed by atoms with Crippen LogP contribution in [0.4, 0.5) is 0 Å². The molecule has 0 spiro atoms. The molecule has 2 unspecified atom stereocenters. The van der Waals surface area contributed by atoms with E-state index in [1.54, 1.807) is 0 Å². The number of phenolic OH excluding ortho intramolecular Hbond substituents is 2. The van der Waals surface area contributed by atoms with E-state index in [-0.39, 0.29) is 28.9 Å². The Balaban J connectivity index is 0.00000230. The van der Waals surface area contributed by atoms with Gasteiger partial charge in [-0.05, 0) is 123 Å². The van der Waals surface area contributed by atoms with Crippen LogP contribution in [0.2, 0.25) is 0 Å². The van der Waals surface area contributed by atoms with Gasteiger partial charge in [-0.1, -0.05) is 67.5 Å². The van der Waals surface area contributed by atoms with E-state index in [0.29, 0.717) is 35.2 Å². The molecule has 1 saturated carbocycles. The molecule has 2 aromatic rings. The van der Waals surface area contributed by atoms with Crippen LogP contribution in [0.25, 0.3) is 0 Å². The molecule has 2 N–H and O–H groups in total. The average molecular weight is 724 g/mol. The van der Waals surface area contributed by atoms with Crippen LogP contribution < -0.4 is 10.2 Å². The van der Waals surface area contributed by atoms with Gasteiger partial charge in [0.25, 0.3) is 0 Å². The number of carbonyl (C=O) groups is 2. The molecule has 1 radical (unpaired) electrons. The summed E-state index contributed by atoms with van der Waals surface area (Å²) >= 11 is 0. The molecular weight excluding hydrogens is 663 g/mol. The fraction of sp³-hybridized carbons (Fsp3) is 0.600. The number of carboxylic acid groups (broad SMARTS) is 2. The molecule has 0 saturated heterocycles. The summed E-state index contributed by atoms with van der Waals surface area (Å²) in [4.78, 5) is 27.7. The zero-order valence-electron chi connectivity index (χ0n) is 31.3. The number of nitrogens with zero attached hydrogens (tertiary/aromatic N) is 2. The molecule has 9 heteroatoms. The predicted molar refractivity (Wildman–Crippen MR) is 193 cm³/mol. The molecule has 2 aromatic carbocycles. The molecule has 49 heavy (non-hydrogen) atoms. The second kappa shape index (κ2) is 23.3. The molecule has 0 heterocycles. The summed E-state index contributed by atoms with van der Waals surface area (Å²) in [5.74, 6) is 0.673. The van der Waals surface area contributed by atoms with E-state index >= 15 is 0 Å². The minimum atomic E-state index is -1.08.